The van der Waals surface area contributed by atoms with Crippen molar-refractivity contribution in [3.05, 3.63) is 45.8 Å². The number of carbonyl (C=O) groups is 3. The molecule has 10 heteroatoms. The Bertz CT molecular complexity index is 1000. The SMILES string of the molecule is CCOC(=O)c1c(NC(=O)CN2CCOc3ccccc3C2)sc(C(=O)OCCOC)c1C. The molecule has 0 atom stereocenters. The molecule has 0 bridgehead atoms. The van der Waals surface area contributed by atoms with Crippen LogP contribution in [-0.4, -0.2) is 69.4 Å². The van der Waals surface area contributed by atoms with Crippen LogP contribution >= 0.6 is 11.3 Å². The third-order valence-corrected chi connectivity index (χ3v) is 6.17. The highest BCUT2D eigenvalue weighted by Crippen LogP contribution is 2.34. The molecule has 0 unspecified atom stereocenters. The summed E-state index contributed by atoms with van der Waals surface area (Å²) in [6, 6.07) is 7.72. The molecule has 0 saturated heterocycles. The van der Waals surface area contributed by atoms with Crippen molar-refractivity contribution in [1.82, 2.24) is 4.90 Å². The van der Waals surface area contributed by atoms with Crippen LogP contribution in [0.25, 0.3) is 0 Å². The molecule has 9 nitrogen and oxygen atoms in total. The number of methoxy groups -OCH3 is 1. The van der Waals surface area contributed by atoms with Crippen LogP contribution in [0.5, 0.6) is 5.75 Å². The van der Waals surface area contributed by atoms with Crippen LogP contribution in [0.2, 0.25) is 0 Å². The largest absolute Gasteiger partial charge is 0.492 e. The van der Waals surface area contributed by atoms with Crippen molar-refractivity contribution in [3.63, 3.8) is 0 Å². The zero-order valence-electron chi connectivity index (χ0n) is 19.0. The summed E-state index contributed by atoms with van der Waals surface area (Å²) < 4.78 is 21.0. The number of rotatable bonds is 9. The maximum Gasteiger partial charge on any atom is 0.348 e. The lowest BCUT2D eigenvalue weighted by Gasteiger charge is -2.18. The second-order valence-corrected chi connectivity index (χ2v) is 8.35. The number of ether oxygens (including phenoxy) is 4. The number of amides is 1. The van der Waals surface area contributed by atoms with E-state index < -0.39 is 11.9 Å². The van der Waals surface area contributed by atoms with Gasteiger partial charge >= 0.3 is 11.9 Å². The number of carbonyl (C=O) groups excluding carboxylic acids is 3. The zero-order chi connectivity index (χ0) is 23.8. The Morgan fingerprint density at radius 2 is 1.94 bits per heavy atom. The van der Waals surface area contributed by atoms with Gasteiger partial charge in [0.1, 0.15) is 28.8 Å². The quantitative estimate of drug-likeness (QED) is 0.435. The molecule has 1 aromatic carbocycles. The van der Waals surface area contributed by atoms with Gasteiger partial charge in [-0.3, -0.25) is 9.69 Å². The molecular formula is C23H28N2O7S. The molecule has 1 N–H and O–H groups in total. The van der Waals surface area contributed by atoms with Gasteiger partial charge in [-0.25, -0.2) is 9.59 Å². The van der Waals surface area contributed by atoms with Crippen LogP contribution in [0.3, 0.4) is 0 Å². The van der Waals surface area contributed by atoms with Gasteiger partial charge < -0.3 is 24.3 Å². The summed E-state index contributed by atoms with van der Waals surface area (Å²) in [6.07, 6.45) is 0. The molecule has 0 aliphatic carbocycles. The Hall–Kier alpha value is -2.95. The number of hydrogen-bond donors (Lipinski definition) is 1. The number of nitrogens with one attached hydrogen (secondary N) is 1. The second-order valence-electron chi connectivity index (χ2n) is 7.32. The number of nitrogens with zero attached hydrogens (tertiary/aromatic N) is 1. The number of thiophene rings is 1. The monoisotopic (exact) mass is 476 g/mol. The average molecular weight is 477 g/mol. The molecule has 1 aliphatic rings. The van der Waals surface area contributed by atoms with Gasteiger partial charge in [0.25, 0.3) is 0 Å². The molecule has 0 radical (unpaired) electrons. The van der Waals surface area contributed by atoms with Gasteiger partial charge in [-0.1, -0.05) is 18.2 Å². The predicted octanol–water partition coefficient (Wildman–Crippen LogP) is 2.87. The van der Waals surface area contributed by atoms with Crippen LogP contribution in [-0.2, 0) is 25.5 Å². The van der Waals surface area contributed by atoms with Gasteiger partial charge in [0.15, 0.2) is 0 Å². The van der Waals surface area contributed by atoms with Crippen LogP contribution < -0.4 is 10.1 Å². The summed E-state index contributed by atoms with van der Waals surface area (Å²) >= 11 is 0.998. The van der Waals surface area contributed by atoms with E-state index in [0.29, 0.717) is 25.3 Å². The summed E-state index contributed by atoms with van der Waals surface area (Å²) in [6.45, 7) is 5.54. The average Bonchev–Trinajstić information content (AvgIpc) is 2.96. The first-order chi connectivity index (χ1) is 15.9. The van der Waals surface area contributed by atoms with E-state index >= 15 is 0 Å². The normalized spacial score (nSPS) is 13.4. The first kappa shape index (κ1) is 24.7. The van der Waals surface area contributed by atoms with Gasteiger partial charge in [-0.05, 0) is 25.5 Å². The van der Waals surface area contributed by atoms with Crippen molar-refractivity contribution < 1.29 is 33.3 Å². The van der Waals surface area contributed by atoms with E-state index in [9.17, 15) is 14.4 Å². The van der Waals surface area contributed by atoms with E-state index in [2.05, 4.69) is 5.32 Å². The van der Waals surface area contributed by atoms with Crippen molar-refractivity contribution >= 4 is 34.2 Å². The molecule has 2 aromatic rings. The van der Waals surface area contributed by atoms with Crippen LogP contribution in [0.1, 0.15) is 38.1 Å². The third kappa shape index (κ3) is 6.31. The van der Waals surface area contributed by atoms with Crippen molar-refractivity contribution in [3.8, 4) is 5.75 Å². The number of fused-ring (bicyclic) bond motifs is 1. The van der Waals surface area contributed by atoms with Gasteiger partial charge in [0.2, 0.25) is 5.91 Å². The Morgan fingerprint density at radius 3 is 2.70 bits per heavy atom. The van der Waals surface area contributed by atoms with Crippen molar-refractivity contribution in [2.24, 2.45) is 0 Å². The highest BCUT2D eigenvalue weighted by molar-refractivity contribution is 7.18. The molecule has 33 heavy (non-hydrogen) atoms. The molecule has 0 saturated carbocycles. The lowest BCUT2D eigenvalue weighted by Crippen LogP contribution is -2.34. The van der Waals surface area contributed by atoms with E-state index in [1.807, 2.05) is 29.2 Å². The van der Waals surface area contributed by atoms with E-state index in [0.717, 1.165) is 22.6 Å². The van der Waals surface area contributed by atoms with E-state index in [1.165, 1.54) is 7.11 Å². The van der Waals surface area contributed by atoms with Crippen molar-refractivity contribution in [2.45, 2.75) is 20.4 Å². The fourth-order valence-corrected chi connectivity index (χ4v) is 4.52. The molecule has 0 spiro atoms. The zero-order valence-corrected chi connectivity index (χ0v) is 19.8. The van der Waals surface area contributed by atoms with Crippen LogP contribution in [0.15, 0.2) is 24.3 Å². The first-order valence-electron chi connectivity index (χ1n) is 10.6. The molecule has 1 aliphatic heterocycles. The van der Waals surface area contributed by atoms with Gasteiger partial charge in [-0.15, -0.1) is 11.3 Å². The Morgan fingerprint density at radius 1 is 1.15 bits per heavy atom. The topological polar surface area (TPSA) is 103 Å². The summed E-state index contributed by atoms with van der Waals surface area (Å²) in [4.78, 5) is 40.1. The highest BCUT2D eigenvalue weighted by atomic mass is 32.1. The number of benzene rings is 1. The van der Waals surface area contributed by atoms with E-state index in [-0.39, 0.29) is 47.7 Å². The van der Waals surface area contributed by atoms with Crippen LogP contribution in [0.4, 0.5) is 5.00 Å². The summed E-state index contributed by atoms with van der Waals surface area (Å²) in [5.74, 6) is -0.674. The fourth-order valence-electron chi connectivity index (χ4n) is 3.41. The van der Waals surface area contributed by atoms with Crippen molar-refractivity contribution in [1.29, 1.82) is 0 Å². The molecule has 0 fully saturated rings. The minimum Gasteiger partial charge on any atom is -0.492 e. The lowest BCUT2D eigenvalue weighted by molar-refractivity contribution is -0.117. The molecule has 1 aromatic heterocycles. The predicted molar refractivity (Wildman–Crippen MR) is 123 cm³/mol. The second kappa shape index (κ2) is 11.8. The molecule has 3 rings (SSSR count). The minimum absolute atomic E-state index is 0.0849. The molecule has 1 amide bonds. The lowest BCUT2D eigenvalue weighted by atomic mass is 10.1. The summed E-state index contributed by atoms with van der Waals surface area (Å²) in [5.41, 5.74) is 1.58. The van der Waals surface area contributed by atoms with E-state index in [1.54, 1.807) is 13.8 Å². The van der Waals surface area contributed by atoms with Gasteiger partial charge in [-0.2, -0.15) is 0 Å². The number of esters is 2. The number of anilines is 1. The third-order valence-electron chi connectivity index (χ3n) is 4.98. The molecule has 2 heterocycles. The molecule has 178 valence electrons. The Kier molecular flexibility index (Phi) is 8.81. The van der Waals surface area contributed by atoms with E-state index in [4.69, 9.17) is 18.9 Å². The maximum absolute atomic E-state index is 12.9. The number of para-hydroxylation sites is 1. The van der Waals surface area contributed by atoms with Gasteiger partial charge in [0, 0.05) is 25.8 Å². The maximum atomic E-state index is 12.9. The smallest absolute Gasteiger partial charge is 0.348 e. The van der Waals surface area contributed by atoms with Gasteiger partial charge in [0.05, 0.1) is 25.3 Å². The summed E-state index contributed by atoms with van der Waals surface area (Å²) in [7, 11) is 1.51. The minimum atomic E-state index is -0.602. The highest BCUT2D eigenvalue weighted by Gasteiger charge is 2.28. The standard InChI is InChI=1S/C23H28N2O7S/c1-4-30-22(27)19-15(2)20(23(28)32-12-11-29-3)33-21(19)24-18(26)14-25-9-10-31-17-8-6-5-7-16(17)13-25/h5-8H,4,9-14H2,1-3H3,(H,24,26). The van der Waals surface area contributed by atoms with Crippen molar-refractivity contribution in [2.75, 3.05) is 51.9 Å². The first-order valence-corrected chi connectivity index (χ1v) is 11.5. The molecular weight excluding hydrogens is 448 g/mol. The number of hydrogen-bond acceptors (Lipinski definition) is 9. The Labute approximate surface area is 196 Å². The Balaban J connectivity index is 1.75. The fraction of sp³-hybridized carbons (Fsp3) is 0.435. The summed E-state index contributed by atoms with van der Waals surface area (Å²) in [5, 5.41) is 3.05. The van der Waals surface area contributed by atoms with Crippen LogP contribution in [0, 0.1) is 6.92 Å².